The third kappa shape index (κ3) is 3.17. The van der Waals surface area contributed by atoms with E-state index >= 15 is 0 Å². The number of rotatable bonds is 4. The number of nitrogens with zero attached hydrogens (tertiary/aromatic N) is 3. The van der Waals surface area contributed by atoms with E-state index in [0.29, 0.717) is 29.2 Å². The van der Waals surface area contributed by atoms with Gasteiger partial charge < -0.3 is 29.8 Å². The summed E-state index contributed by atoms with van der Waals surface area (Å²) in [4.78, 5) is 43.8. The lowest BCUT2D eigenvalue weighted by atomic mass is 9.86. The molecule has 5 rings (SSSR count). The molecule has 4 heterocycles. The van der Waals surface area contributed by atoms with Crippen molar-refractivity contribution in [3.63, 3.8) is 0 Å². The smallest absolute Gasteiger partial charge is 0.409 e. The van der Waals surface area contributed by atoms with Crippen LogP contribution in [0, 0.1) is 0 Å². The first kappa shape index (κ1) is 22.1. The molecule has 10 heteroatoms. The number of fused-ring (bicyclic) bond motifs is 5. The van der Waals surface area contributed by atoms with Gasteiger partial charge in [-0.25, -0.2) is 14.6 Å². The number of pyridine rings is 2. The Hall–Kier alpha value is -3.76. The lowest BCUT2D eigenvalue weighted by molar-refractivity contribution is -0.172. The van der Waals surface area contributed by atoms with Gasteiger partial charge in [-0.2, -0.15) is 0 Å². The summed E-state index contributed by atoms with van der Waals surface area (Å²) in [5, 5.41) is 11.8. The molecule has 10 nitrogen and oxygen atoms in total. The molecule has 2 aromatic heterocycles. The number of amides is 1. The zero-order chi connectivity index (χ0) is 24.4. The van der Waals surface area contributed by atoms with Gasteiger partial charge in [-0.3, -0.25) is 4.79 Å². The molecular weight excluding hydrogens is 440 g/mol. The van der Waals surface area contributed by atoms with Gasteiger partial charge in [0.05, 0.1) is 29.0 Å². The number of aromatic nitrogens is 2. The van der Waals surface area contributed by atoms with Crippen LogP contribution in [0.2, 0.25) is 0 Å². The van der Waals surface area contributed by atoms with Gasteiger partial charge in [0.1, 0.15) is 12.4 Å². The maximum atomic E-state index is 13.3. The minimum Gasteiger partial charge on any atom is -0.458 e. The van der Waals surface area contributed by atoms with Crippen LogP contribution in [0.15, 0.2) is 29.1 Å². The number of esters is 1. The number of ether oxygens (including phenoxy) is 2. The number of nitrogens with two attached hydrogens (primary N) is 1. The number of primary amides is 1. The van der Waals surface area contributed by atoms with Gasteiger partial charge >= 0.3 is 12.1 Å². The first-order chi connectivity index (χ1) is 16.1. The molecular formula is C24H24N4O6. The summed E-state index contributed by atoms with van der Waals surface area (Å²) in [6.07, 6.45) is -0.825. The second-order valence-corrected chi connectivity index (χ2v) is 8.87. The van der Waals surface area contributed by atoms with E-state index in [1.54, 1.807) is 29.7 Å². The third-order valence-electron chi connectivity index (χ3n) is 6.44. The lowest BCUT2D eigenvalue weighted by Crippen LogP contribution is -2.44. The second kappa shape index (κ2) is 7.64. The van der Waals surface area contributed by atoms with Crippen LogP contribution in [0.25, 0.3) is 22.3 Å². The Morgan fingerprint density at radius 2 is 2.09 bits per heavy atom. The molecule has 176 valence electrons. The average molecular weight is 464 g/mol. The van der Waals surface area contributed by atoms with Gasteiger partial charge in [-0.1, -0.05) is 6.92 Å². The first-order valence-corrected chi connectivity index (χ1v) is 10.9. The highest BCUT2D eigenvalue weighted by Gasteiger charge is 2.45. The number of benzene rings is 1. The minimum absolute atomic E-state index is 0.0796. The van der Waals surface area contributed by atoms with Crippen LogP contribution < -0.4 is 16.0 Å². The van der Waals surface area contributed by atoms with Crippen molar-refractivity contribution in [2.75, 3.05) is 14.1 Å². The molecule has 3 N–H and O–H groups in total. The largest absolute Gasteiger partial charge is 0.458 e. The van der Waals surface area contributed by atoms with Gasteiger partial charge in [0.2, 0.25) is 0 Å². The molecule has 0 aliphatic carbocycles. The normalized spacial score (nSPS) is 18.4. The van der Waals surface area contributed by atoms with E-state index in [4.69, 9.17) is 20.2 Å². The molecule has 1 atom stereocenters. The summed E-state index contributed by atoms with van der Waals surface area (Å²) >= 11 is 0. The van der Waals surface area contributed by atoms with Crippen LogP contribution >= 0.6 is 0 Å². The molecule has 0 saturated heterocycles. The number of hydrogen-bond donors (Lipinski definition) is 2. The van der Waals surface area contributed by atoms with Crippen molar-refractivity contribution >= 4 is 23.0 Å². The number of hydrogen-bond acceptors (Lipinski definition) is 8. The van der Waals surface area contributed by atoms with Crippen molar-refractivity contribution in [2.45, 2.75) is 38.6 Å². The second-order valence-electron chi connectivity index (χ2n) is 8.87. The van der Waals surface area contributed by atoms with Gasteiger partial charge in [-0.05, 0) is 44.8 Å². The molecule has 34 heavy (non-hydrogen) atoms. The van der Waals surface area contributed by atoms with Gasteiger partial charge in [0.25, 0.3) is 5.56 Å². The Bertz CT molecular complexity index is 1440. The van der Waals surface area contributed by atoms with Crippen molar-refractivity contribution in [1.29, 1.82) is 0 Å². The summed E-state index contributed by atoms with van der Waals surface area (Å²) in [7, 11) is 3.79. The van der Waals surface area contributed by atoms with Crippen molar-refractivity contribution in [2.24, 2.45) is 5.73 Å². The van der Waals surface area contributed by atoms with Gasteiger partial charge in [0, 0.05) is 28.6 Å². The predicted molar refractivity (Wildman–Crippen MR) is 122 cm³/mol. The van der Waals surface area contributed by atoms with E-state index in [2.05, 4.69) is 0 Å². The van der Waals surface area contributed by atoms with Crippen LogP contribution in [-0.4, -0.2) is 45.7 Å². The SMILES string of the molecule is CC[C@@]1(O)C(=O)OCc2c1cc1n(c2=O)Cc2cc3c(CN(C)C)c(OC(N)=O)ccc3nc2-1. The fourth-order valence-electron chi connectivity index (χ4n) is 4.77. The Morgan fingerprint density at radius 3 is 2.76 bits per heavy atom. The van der Waals surface area contributed by atoms with Crippen molar-refractivity contribution in [3.8, 4) is 17.1 Å². The lowest BCUT2D eigenvalue weighted by Gasteiger charge is -2.31. The highest BCUT2D eigenvalue weighted by atomic mass is 16.6. The Morgan fingerprint density at radius 1 is 1.32 bits per heavy atom. The first-order valence-electron chi connectivity index (χ1n) is 10.9. The predicted octanol–water partition coefficient (Wildman–Crippen LogP) is 1.60. The molecule has 2 aliphatic heterocycles. The van der Waals surface area contributed by atoms with E-state index in [1.807, 2.05) is 25.1 Å². The summed E-state index contributed by atoms with van der Waals surface area (Å²) in [5.41, 5.74) is 6.94. The maximum Gasteiger partial charge on any atom is 0.409 e. The summed E-state index contributed by atoms with van der Waals surface area (Å²) in [5.74, 6) is -0.408. The van der Waals surface area contributed by atoms with Crippen LogP contribution in [-0.2, 0) is 34.8 Å². The average Bonchev–Trinajstić information content (AvgIpc) is 3.14. The van der Waals surface area contributed by atoms with Crippen LogP contribution in [0.3, 0.4) is 0 Å². The molecule has 0 fully saturated rings. The number of aliphatic hydroxyl groups is 1. The van der Waals surface area contributed by atoms with E-state index in [9.17, 15) is 19.5 Å². The highest BCUT2D eigenvalue weighted by Crippen LogP contribution is 2.39. The monoisotopic (exact) mass is 464 g/mol. The zero-order valence-corrected chi connectivity index (χ0v) is 19.0. The molecule has 1 amide bonds. The van der Waals surface area contributed by atoms with E-state index in [0.717, 1.165) is 16.5 Å². The standard InChI is InChI=1S/C24H24N4O6/c1-4-24(32)16-8-18-20-12(9-28(18)21(29)15(16)11-33-22(24)30)7-13-14(10-27(2)3)19(34-23(25)31)6-5-17(13)26-20/h5-8,32H,4,9-11H2,1-3H3,(H2,25,31)/t24-/m0/s1. The fraction of sp³-hybridized carbons (Fsp3) is 0.333. The Balaban J connectivity index is 1.73. The molecule has 0 saturated carbocycles. The molecule has 3 aromatic rings. The number of carbonyl (C=O) groups is 2. The quantitative estimate of drug-likeness (QED) is 0.435. The van der Waals surface area contributed by atoms with E-state index in [-0.39, 0.29) is 36.3 Å². The zero-order valence-electron chi connectivity index (χ0n) is 19.0. The summed E-state index contributed by atoms with van der Waals surface area (Å²) in [6.45, 7) is 2.24. The van der Waals surface area contributed by atoms with Crippen LogP contribution in [0.5, 0.6) is 5.75 Å². The third-order valence-corrected chi connectivity index (χ3v) is 6.44. The van der Waals surface area contributed by atoms with Gasteiger partial charge in [-0.15, -0.1) is 0 Å². The fourth-order valence-corrected chi connectivity index (χ4v) is 4.77. The molecule has 0 unspecified atom stereocenters. The number of carbonyl (C=O) groups excluding carboxylic acids is 2. The molecule has 0 spiro atoms. The van der Waals surface area contributed by atoms with Crippen LogP contribution in [0.4, 0.5) is 4.79 Å². The van der Waals surface area contributed by atoms with Gasteiger partial charge in [0.15, 0.2) is 5.60 Å². The summed E-state index contributed by atoms with van der Waals surface area (Å²) in [6, 6.07) is 6.98. The summed E-state index contributed by atoms with van der Waals surface area (Å²) < 4.78 is 11.9. The Labute approximate surface area is 194 Å². The minimum atomic E-state index is -1.87. The van der Waals surface area contributed by atoms with Crippen molar-refractivity contribution in [3.05, 3.63) is 56.9 Å². The number of cyclic esters (lactones) is 1. The Kier molecular flexibility index (Phi) is 4.96. The molecule has 0 bridgehead atoms. The van der Waals surface area contributed by atoms with E-state index < -0.39 is 17.7 Å². The highest BCUT2D eigenvalue weighted by molar-refractivity contribution is 5.90. The van der Waals surface area contributed by atoms with Crippen molar-refractivity contribution < 1.29 is 24.2 Å². The maximum absolute atomic E-state index is 13.3. The van der Waals surface area contributed by atoms with Crippen molar-refractivity contribution in [1.82, 2.24) is 14.5 Å². The molecule has 1 aromatic carbocycles. The topological polar surface area (TPSA) is 137 Å². The van der Waals surface area contributed by atoms with E-state index in [1.165, 1.54) is 0 Å². The molecule has 2 aliphatic rings. The van der Waals surface area contributed by atoms with Crippen LogP contribution in [0.1, 0.15) is 35.6 Å². The molecule has 0 radical (unpaired) electrons.